The Morgan fingerprint density at radius 1 is 1.38 bits per heavy atom. The summed E-state index contributed by atoms with van der Waals surface area (Å²) in [4.78, 5) is 29.7. The first kappa shape index (κ1) is 21.8. The van der Waals surface area contributed by atoms with Gasteiger partial charge in [-0.2, -0.15) is 0 Å². The Balaban J connectivity index is 1.56. The number of thiocarbonyl (C=S) groups is 1. The number of thioether (sulfide) groups is 1. The number of hydrogen-bond donors (Lipinski definition) is 0. The van der Waals surface area contributed by atoms with E-state index in [0.29, 0.717) is 34.7 Å². The average molecular weight is 433 g/mol. The lowest BCUT2D eigenvalue weighted by Crippen LogP contribution is -2.43. The quantitative estimate of drug-likeness (QED) is 0.470. The average Bonchev–Trinajstić information content (AvgIpc) is 3.01. The third-order valence-electron chi connectivity index (χ3n) is 5.46. The van der Waals surface area contributed by atoms with E-state index in [1.54, 1.807) is 12.0 Å². The normalized spacial score (nSPS) is 21.2. The zero-order valence-corrected chi connectivity index (χ0v) is 18.7. The largest absolute Gasteiger partial charge is 0.497 e. The summed E-state index contributed by atoms with van der Waals surface area (Å²) in [6.07, 6.45) is 7.34. The molecule has 2 aliphatic heterocycles. The van der Waals surface area contributed by atoms with Gasteiger partial charge in [-0.15, -0.1) is 0 Å². The van der Waals surface area contributed by atoms with Gasteiger partial charge in [0, 0.05) is 25.6 Å². The van der Waals surface area contributed by atoms with Crippen LogP contribution in [0.5, 0.6) is 5.75 Å². The highest BCUT2D eigenvalue weighted by atomic mass is 32.2. The van der Waals surface area contributed by atoms with Crippen molar-refractivity contribution in [2.75, 3.05) is 20.2 Å². The number of hydrogen-bond acceptors (Lipinski definition) is 5. The zero-order valence-electron chi connectivity index (χ0n) is 17.1. The molecular formula is C22H28N2O3S2. The number of nitrogens with zero attached hydrogens (tertiary/aromatic N) is 2. The maximum absolute atomic E-state index is 12.8. The molecule has 0 aromatic heterocycles. The summed E-state index contributed by atoms with van der Waals surface area (Å²) in [5.74, 6) is 0.865. The molecule has 0 saturated carbocycles. The van der Waals surface area contributed by atoms with Gasteiger partial charge in [0.2, 0.25) is 5.91 Å². The van der Waals surface area contributed by atoms with E-state index >= 15 is 0 Å². The number of ether oxygens (including phenoxy) is 1. The molecule has 0 radical (unpaired) electrons. The van der Waals surface area contributed by atoms with Gasteiger partial charge < -0.3 is 9.64 Å². The molecule has 2 aliphatic rings. The SMILES string of the molecule is CCC1CCCCN1C(=O)CCCN1C(=O)C(=Cc2cccc(OC)c2)SC1=S. The highest BCUT2D eigenvalue weighted by molar-refractivity contribution is 8.26. The highest BCUT2D eigenvalue weighted by Gasteiger charge is 2.32. The Kier molecular flexibility index (Phi) is 7.72. The molecular weight excluding hydrogens is 404 g/mol. The van der Waals surface area contributed by atoms with Gasteiger partial charge in [-0.05, 0) is 55.9 Å². The van der Waals surface area contributed by atoms with Gasteiger partial charge in [0.05, 0.1) is 12.0 Å². The Morgan fingerprint density at radius 3 is 2.97 bits per heavy atom. The van der Waals surface area contributed by atoms with Crippen LogP contribution in [0.3, 0.4) is 0 Å². The summed E-state index contributed by atoms with van der Waals surface area (Å²) in [5.41, 5.74) is 0.899. The summed E-state index contributed by atoms with van der Waals surface area (Å²) in [6.45, 7) is 3.49. The van der Waals surface area contributed by atoms with Crippen LogP contribution >= 0.6 is 24.0 Å². The Bertz CT molecular complexity index is 809. The summed E-state index contributed by atoms with van der Waals surface area (Å²) < 4.78 is 5.79. The van der Waals surface area contributed by atoms with Gasteiger partial charge in [-0.1, -0.05) is 43.0 Å². The van der Waals surface area contributed by atoms with Crippen molar-refractivity contribution in [1.82, 2.24) is 9.80 Å². The van der Waals surface area contributed by atoms with Crippen molar-refractivity contribution < 1.29 is 14.3 Å². The first-order valence-corrected chi connectivity index (χ1v) is 11.4. The van der Waals surface area contributed by atoms with Crippen molar-refractivity contribution in [3.63, 3.8) is 0 Å². The topological polar surface area (TPSA) is 49.9 Å². The maximum Gasteiger partial charge on any atom is 0.266 e. The van der Waals surface area contributed by atoms with E-state index in [1.165, 1.54) is 18.2 Å². The van der Waals surface area contributed by atoms with E-state index in [1.807, 2.05) is 35.2 Å². The number of likely N-dealkylation sites (tertiary alicyclic amines) is 1. The molecule has 3 rings (SSSR count). The summed E-state index contributed by atoms with van der Waals surface area (Å²) in [7, 11) is 1.62. The molecule has 1 unspecified atom stereocenters. The van der Waals surface area contributed by atoms with Crippen molar-refractivity contribution >= 4 is 46.2 Å². The Labute approximate surface area is 182 Å². The van der Waals surface area contributed by atoms with Crippen LogP contribution in [-0.2, 0) is 9.59 Å². The zero-order chi connectivity index (χ0) is 20.8. The molecule has 2 fully saturated rings. The van der Waals surface area contributed by atoms with Crippen LogP contribution < -0.4 is 4.74 Å². The minimum Gasteiger partial charge on any atom is -0.497 e. The summed E-state index contributed by atoms with van der Waals surface area (Å²) in [6, 6.07) is 7.94. The second kappa shape index (κ2) is 10.3. The van der Waals surface area contributed by atoms with Crippen molar-refractivity contribution in [3.05, 3.63) is 34.7 Å². The van der Waals surface area contributed by atoms with Gasteiger partial charge >= 0.3 is 0 Å². The first-order valence-electron chi connectivity index (χ1n) is 10.2. The van der Waals surface area contributed by atoms with Crippen LogP contribution in [-0.4, -0.2) is 52.2 Å². The van der Waals surface area contributed by atoms with Gasteiger partial charge in [-0.3, -0.25) is 14.5 Å². The minimum atomic E-state index is -0.0836. The fourth-order valence-electron chi connectivity index (χ4n) is 3.86. The van der Waals surface area contributed by atoms with Crippen LogP contribution in [0, 0.1) is 0 Å². The molecule has 0 bridgehead atoms. The molecule has 29 heavy (non-hydrogen) atoms. The van der Waals surface area contributed by atoms with E-state index in [0.717, 1.165) is 37.1 Å². The van der Waals surface area contributed by atoms with Gasteiger partial charge in [0.15, 0.2) is 0 Å². The number of carbonyl (C=O) groups excluding carboxylic acids is 2. The minimum absolute atomic E-state index is 0.0836. The second-order valence-corrected chi connectivity index (χ2v) is 9.03. The van der Waals surface area contributed by atoms with Crippen LogP contribution in [0.4, 0.5) is 0 Å². The van der Waals surface area contributed by atoms with Gasteiger partial charge in [0.25, 0.3) is 5.91 Å². The molecule has 1 aromatic carbocycles. The van der Waals surface area contributed by atoms with Crippen molar-refractivity contribution in [2.24, 2.45) is 0 Å². The summed E-state index contributed by atoms with van der Waals surface area (Å²) >= 11 is 6.72. The molecule has 2 heterocycles. The van der Waals surface area contributed by atoms with E-state index in [9.17, 15) is 9.59 Å². The Hall–Kier alpha value is -1.86. The number of piperidine rings is 1. The molecule has 2 saturated heterocycles. The highest BCUT2D eigenvalue weighted by Crippen LogP contribution is 2.33. The standard InChI is InChI=1S/C22H28N2O3S2/c1-3-17-9-4-5-12-23(17)20(25)11-7-13-24-21(26)19(29-22(24)28)15-16-8-6-10-18(14-16)27-2/h6,8,10,14-15,17H,3-5,7,9,11-13H2,1-2H3. The van der Waals surface area contributed by atoms with E-state index in [4.69, 9.17) is 17.0 Å². The van der Waals surface area contributed by atoms with E-state index in [-0.39, 0.29) is 11.8 Å². The Morgan fingerprint density at radius 2 is 2.21 bits per heavy atom. The van der Waals surface area contributed by atoms with E-state index in [2.05, 4.69) is 6.92 Å². The first-order chi connectivity index (χ1) is 14.0. The molecule has 0 aliphatic carbocycles. The van der Waals surface area contributed by atoms with Crippen LogP contribution in [0.15, 0.2) is 29.2 Å². The van der Waals surface area contributed by atoms with Crippen molar-refractivity contribution in [2.45, 2.75) is 51.5 Å². The van der Waals surface area contributed by atoms with Gasteiger partial charge in [-0.25, -0.2) is 0 Å². The predicted molar refractivity (Wildman–Crippen MR) is 122 cm³/mol. The lowest BCUT2D eigenvalue weighted by atomic mass is 9.99. The lowest BCUT2D eigenvalue weighted by molar-refractivity contribution is -0.135. The third-order valence-corrected chi connectivity index (χ3v) is 6.83. The number of carbonyl (C=O) groups is 2. The molecule has 1 atom stereocenters. The van der Waals surface area contributed by atoms with E-state index < -0.39 is 0 Å². The predicted octanol–water partition coefficient (Wildman–Crippen LogP) is 4.47. The van der Waals surface area contributed by atoms with Crippen LogP contribution in [0.25, 0.3) is 6.08 Å². The second-order valence-electron chi connectivity index (χ2n) is 7.36. The molecule has 2 amide bonds. The lowest BCUT2D eigenvalue weighted by Gasteiger charge is -2.35. The fraction of sp³-hybridized carbons (Fsp3) is 0.500. The smallest absolute Gasteiger partial charge is 0.266 e. The number of benzene rings is 1. The van der Waals surface area contributed by atoms with Crippen molar-refractivity contribution in [3.8, 4) is 5.75 Å². The number of rotatable bonds is 7. The molecule has 5 nitrogen and oxygen atoms in total. The maximum atomic E-state index is 12.8. The van der Waals surface area contributed by atoms with Crippen LogP contribution in [0.2, 0.25) is 0 Å². The third kappa shape index (κ3) is 5.39. The van der Waals surface area contributed by atoms with Crippen LogP contribution in [0.1, 0.15) is 51.0 Å². The monoisotopic (exact) mass is 432 g/mol. The molecule has 7 heteroatoms. The van der Waals surface area contributed by atoms with Gasteiger partial charge in [0.1, 0.15) is 10.1 Å². The fourth-order valence-corrected chi connectivity index (χ4v) is 5.17. The molecule has 1 aromatic rings. The molecule has 0 spiro atoms. The number of amides is 2. The summed E-state index contributed by atoms with van der Waals surface area (Å²) in [5, 5.41) is 0. The molecule has 156 valence electrons. The molecule has 0 N–H and O–H groups in total. The number of methoxy groups -OCH3 is 1. The van der Waals surface area contributed by atoms with Crippen molar-refractivity contribution in [1.29, 1.82) is 0 Å².